The van der Waals surface area contributed by atoms with Crippen molar-refractivity contribution in [1.29, 1.82) is 0 Å². The van der Waals surface area contributed by atoms with E-state index < -0.39 is 0 Å². The lowest BCUT2D eigenvalue weighted by molar-refractivity contribution is -0.104. The number of rotatable bonds is 9. The van der Waals surface area contributed by atoms with Gasteiger partial charge in [0.2, 0.25) is 0 Å². The normalized spacial score (nSPS) is 31.2. The van der Waals surface area contributed by atoms with Crippen LogP contribution >= 0.6 is 0 Å². The van der Waals surface area contributed by atoms with E-state index in [0.717, 1.165) is 29.4 Å². The number of aliphatic hydroxyl groups is 1. The monoisotopic (exact) mass is 448 g/mol. The lowest BCUT2D eigenvalue weighted by Gasteiger charge is -2.39. The maximum absolute atomic E-state index is 10.6. The van der Waals surface area contributed by atoms with E-state index in [1.54, 1.807) is 13.0 Å². The van der Waals surface area contributed by atoms with Crippen molar-refractivity contribution in [2.24, 2.45) is 5.41 Å². The number of aldehydes is 1. The molecule has 0 aromatic heterocycles. The summed E-state index contributed by atoms with van der Waals surface area (Å²) >= 11 is 0. The van der Waals surface area contributed by atoms with Crippen molar-refractivity contribution in [1.82, 2.24) is 0 Å². The van der Waals surface area contributed by atoms with E-state index in [1.165, 1.54) is 0 Å². The summed E-state index contributed by atoms with van der Waals surface area (Å²) in [4.78, 5) is 10.6. The first kappa shape index (κ1) is 26.8. The molecule has 2 fully saturated rings. The molecule has 0 amide bonds. The minimum atomic E-state index is -0.289. The molecule has 3 nitrogen and oxygen atoms in total. The molecule has 0 bridgehead atoms. The van der Waals surface area contributed by atoms with Crippen LogP contribution in [0.3, 0.4) is 0 Å². The van der Waals surface area contributed by atoms with Gasteiger partial charge < -0.3 is 9.84 Å². The number of carbonyl (C=O) groups excluding carboxylic acids is 1. The van der Waals surface area contributed by atoms with E-state index in [-0.39, 0.29) is 22.7 Å². The summed E-state index contributed by atoms with van der Waals surface area (Å²) in [7, 11) is 0. The fourth-order valence-electron chi connectivity index (χ4n) is 4.65. The molecule has 0 spiro atoms. The first-order chi connectivity index (χ1) is 15.4. The van der Waals surface area contributed by atoms with Crippen LogP contribution in [0.15, 0.2) is 95.2 Å². The average molecular weight is 449 g/mol. The summed E-state index contributed by atoms with van der Waals surface area (Å²) in [5, 5.41) is 10.2. The van der Waals surface area contributed by atoms with Crippen LogP contribution in [0.2, 0.25) is 0 Å². The Morgan fingerprint density at radius 2 is 1.24 bits per heavy atom. The highest BCUT2D eigenvalue weighted by Gasteiger charge is 2.74. The summed E-state index contributed by atoms with van der Waals surface area (Å²) in [6, 6.07) is 0. The predicted molar refractivity (Wildman–Crippen MR) is 139 cm³/mol. The van der Waals surface area contributed by atoms with Crippen molar-refractivity contribution < 1.29 is 14.6 Å². The van der Waals surface area contributed by atoms with Gasteiger partial charge in [-0.3, -0.25) is 4.79 Å². The van der Waals surface area contributed by atoms with Gasteiger partial charge in [-0.15, -0.1) is 0 Å². The van der Waals surface area contributed by atoms with Crippen LogP contribution in [0.4, 0.5) is 0 Å². The Morgan fingerprint density at radius 1 is 0.758 bits per heavy atom. The van der Waals surface area contributed by atoms with Crippen molar-refractivity contribution in [2.45, 2.75) is 78.6 Å². The lowest BCUT2D eigenvalue weighted by atomic mass is 9.63. The largest absolute Gasteiger partial charge is 0.393 e. The third kappa shape index (κ3) is 6.99. The van der Waals surface area contributed by atoms with E-state index in [2.05, 4.69) is 71.1 Å². The average Bonchev–Trinajstić information content (AvgIpc) is 3.35. The van der Waals surface area contributed by atoms with Gasteiger partial charge >= 0.3 is 0 Å². The molecule has 1 heterocycles. The Kier molecular flexibility index (Phi) is 8.99. The molecule has 33 heavy (non-hydrogen) atoms. The number of carbonyl (C=O) groups is 1. The summed E-state index contributed by atoms with van der Waals surface area (Å²) in [5.41, 5.74) is 3.49. The summed E-state index contributed by atoms with van der Waals surface area (Å²) < 4.78 is 6.21. The quantitative estimate of drug-likeness (QED) is 0.181. The van der Waals surface area contributed by atoms with Crippen LogP contribution in [-0.2, 0) is 9.53 Å². The second-order valence-electron chi connectivity index (χ2n) is 10.2. The number of allylic oxidation sites excluding steroid dienone is 15. The number of aliphatic hydroxyl groups excluding tert-OH is 1. The first-order valence-electron chi connectivity index (χ1n) is 11.7. The van der Waals surface area contributed by atoms with Gasteiger partial charge in [0, 0.05) is 11.8 Å². The van der Waals surface area contributed by atoms with Crippen molar-refractivity contribution in [2.75, 3.05) is 0 Å². The number of ether oxygens (including phenoxy) is 1. The molecule has 2 rings (SSSR count). The van der Waals surface area contributed by atoms with E-state index >= 15 is 0 Å². The number of epoxide rings is 1. The molecule has 178 valence electrons. The maximum Gasteiger partial charge on any atom is 0.145 e. The molecule has 3 atom stereocenters. The fraction of sp³-hybridized carbons (Fsp3) is 0.433. The third-order valence-corrected chi connectivity index (χ3v) is 6.54. The molecule has 1 saturated heterocycles. The van der Waals surface area contributed by atoms with Gasteiger partial charge in [-0.25, -0.2) is 0 Å². The minimum Gasteiger partial charge on any atom is -0.393 e. The third-order valence-electron chi connectivity index (χ3n) is 6.54. The zero-order valence-corrected chi connectivity index (χ0v) is 21.3. The van der Waals surface area contributed by atoms with Crippen LogP contribution in [0, 0.1) is 5.41 Å². The van der Waals surface area contributed by atoms with Crippen LogP contribution in [-0.4, -0.2) is 28.7 Å². The molecule has 1 saturated carbocycles. The van der Waals surface area contributed by atoms with Crippen LogP contribution in [0.1, 0.15) is 61.3 Å². The highest BCUT2D eigenvalue weighted by molar-refractivity contribution is 5.72. The Bertz CT molecular complexity index is 965. The topological polar surface area (TPSA) is 49.8 Å². The molecular formula is C30H40O3. The highest BCUT2D eigenvalue weighted by atomic mass is 16.6. The molecule has 0 radical (unpaired) electrons. The lowest BCUT2D eigenvalue weighted by Crippen LogP contribution is -2.46. The predicted octanol–water partition coefficient (Wildman–Crippen LogP) is 6.90. The Balaban J connectivity index is 1.92. The van der Waals surface area contributed by atoms with Crippen molar-refractivity contribution in [3.05, 3.63) is 95.2 Å². The van der Waals surface area contributed by atoms with E-state index in [1.807, 2.05) is 37.3 Å². The number of hydrogen-bond acceptors (Lipinski definition) is 3. The van der Waals surface area contributed by atoms with Gasteiger partial charge in [0.1, 0.15) is 17.5 Å². The molecule has 1 aliphatic carbocycles. The molecule has 1 aliphatic heterocycles. The van der Waals surface area contributed by atoms with E-state index in [9.17, 15) is 9.90 Å². The molecule has 0 aromatic carbocycles. The summed E-state index contributed by atoms with van der Waals surface area (Å²) in [5.74, 6) is 0. The second kappa shape index (κ2) is 11.1. The Labute approximate surface area is 200 Å². The van der Waals surface area contributed by atoms with Crippen molar-refractivity contribution >= 4 is 6.29 Å². The zero-order valence-electron chi connectivity index (χ0n) is 21.3. The molecule has 1 N–H and O–H groups in total. The van der Waals surface area contributed by atoms with Gasteiger partial charge in [-0.05, 0) is 52.7 Å². The first-order valence-corrected chi connectivity index (χ1v) is 11.7. The van der Waals surface area contributed by atoms with E-state index in [0.29, 0.717) is 12.0 Å². The molecular weight excluding hydrogens is 408 g/mol. The van der Waals surface area contributed by atoms with Crippen molar-refractivity contribution in [3.63, 3.8) is 0 Å². The second-order valence-corrected chi connectivity index (χ2v) is 10.2. The zero-order chi connectivity index (χ0) is 24.7. The van der Waals surface area contributed by atoms with Crippen LogP contribution < -0.4 is 0 Å². The molecule has 0 aromatic rings. The standard InChI is InChI=1S/C30H40O3/c1-23(12-8-9-13-24(2)15-11-17-26(4)22-31)14-10-16-25(3)18-19-30-28(5,6)20-27(32)21-29(30,7)33-30/h8-19,22,27,32H,20-21H2,1-7H3/b9-8+,14-10+,15-11+,19-18+,23-12+,24-13+,25-16+,26-17+. The van der Waals surface area contributed by atoms with Gasteiger partial charge in [-0.2, -0.15) is 0 Å². The van der Waals surface area contributed by atoms with Crippen molar-refractivity contribution in [3.8, 4) is 0 Å². The highest BCUT2D eigenvalue weighted by Crippen LogP contribution is 2.66. The molecule has 3 heteroatoms. The Morgan fingerprint density at radius 3 is 1.76 bits per heavy atom. The van der Waals surface area contributed by atoms with Gasteiger partial charge in [0.15, 0.2) is 0 Å². The van der Waals surface area contributed by atoms with Gasteiger partial charge in [0.05, 0.1) is 6.10 Å². The smallest absolute Gasteiger partial charge is 0.145 e. The summed E-state index contributed by atoms with van der Waals surface area (Å²) in [6.45, 7) is 14.4. The molecule has 3 unspecified atom stereocenters. The van der Waals surface area contributed by atoms with Crippen LogP contribution in [0.25, 0.3) is 0 Å². The van der Waals surface area contributed by atoms with Crippen LogP contribution in [0.5, 0.6) is 0 Å². The fourth-order valence-corrected chi connectivity index (χ4v) is 4.65. The Hall–Kier alpha value is -2.49. The van der Waals surface area contributed by atoms with Gasteiger partial charge in [-0.1, -0.05) is 97.4 Å². The maximum atomic E-state index is 10.6. The number of hydrogen-bond donors (Lipinski definition) is 1. The SMILES string of the molecule is C\C(C=O)=C/C=C/C(C)=C/C=C/C=C(C)/C=C/C=C(C)/C=C/C12OC1(C)CC(O)CC2(C)C. The summed E-state index contributed by atoms with van der Waals surface area (Å²) in [6.07, 6.45) is 26.4. The van der Waals surface area contributed by atoms with E-state index in [4.69, 9.17) is 4.74 Å². The van der Waals surface area contributed by atoms with Gasteiger partial charge in [0.25, 0.3) is 0 Å². The minimum absolute atomic E-state index is 0.0918. The molecule has 2 aliphatic rings. The number of fused-ring (bicyclic) bond motifs is 1.